The van der Waals surface area contributed by atoms with Crippen molar-refractivity contribution in [1.82, 2.24) is 10.2 Å². The highest BCUT2D eigenvalue weighted by atomic mass is 16.5. The zero-order chi connectivity index (χ0) is 26.7. The van der Waals surface area contributed by atoms with E-state index in [0.29, 0.717) is 18.1 Å². The number of hydrogen-bond donors (Lipinski definition) is 1. The molecule has 4 nitrogen and oxygen atoms in total. The van der Waals surface area contributed by atoms with Crippen LogP contribution in [0.1, 0.15) is 58.6 Å². The Labute approximate surface area is 232 Å². The Balaban J connectivity index is 1.08. The average molecular weight is 519 g/mol. The number of rotatable bonds is 12. The molecular formula is C35H38N2O2. The Bertz CT molecular complexity index is 1250. The lowest BCUT2D eigenvalue weighted by molar-refractivity contribution is 0.0935. The van der Waals surface area contributed by atoms with Crippen molar-refractivity contribution in [1.29, 1.82) is 0 Å². The average Bonchev–Trinajstić information content (AvgIpc) is 3.44. The second-order valence-electron chi connectivity index (χ2n) is 10.4. The number of ether oxygens (including phenoxy) is 1. The summed E-state index contributed by atoms with van der Waals surface area (Å²) in [7, 11) is 0. The van der Waals surface area contributed by atoms with Gasteiger partial charge in [0, 0.05) is 36.2 Å². The molecule has 5 rings (SSSR count). The van der Waals surface area contributed by atoms with Crippen molar-refractivity contribution in [3.05, 3.63) is 138 Å². The van der Waals surface area contributed by atoms with Crippen LogP contribution in [0.5, 0.6) is 5.75 Å². The maximum Gasteiger partial charge on any atom is 0.251 e. The first-order valence-electron chi connectivity index (χ1n) is 14.1. The highest BCUT2D eigenvalue weighted by molar-refractivity contribution is 5.95. The minimum absolute atomic E-state index is 0.0114. The number of likely N-dealkylation sites (tertiary alicyclic amines) is 1. The van der Waals surface area contributed by atoms with E-state index in [2.05, 4.69) is 70.9 Å². The minimum Gasteiger partial charge on any atom is -0.489 e. The molecule has 1 fully saturated rings. The predicted octanol–water partition coefficient (Wildman–Crippen LogP) is 7.07. The summed E-state index contributed by atoms with van der Waals surface area (Å²) in [6, 6.07) is 39.4. The number of amides is 1. The van der Waals surface area contributed by atoms with Gasteiger partial charge in [-0.2, -0.15) is 0 Å². The molecule has 1 saturated heterocycles. The molecule has 4 heteroatoms. The first-order valence-corrected chi connectivity index (χ1v) is 14.1. The largest absolute Gasteiger partial charge is 0.489 e. The van der Waals surface area contributed by atoms with Crippen LogP contribution < -0.4 is 10.1 Å². The van der Waals surface area contributed by atoms with E-state index in [9.17, 15) is 4.79 Å². The van der Waals surface area contributed by atoms with Gasteiger partial charge in [-0.25, -0.2) is 0 Å². The van der Waals surface area contributed by atoms with E-state index in [4.69, 9.17) is 4.74 Å². The third-order valence-corrected chi connectivity index (χ3v) is 7.63. The van der Waals surface area contributed by atoms with Gasteiger partial charge in [0.1, 0.15) is 12.4 Å². The van der Waals surface area contributed by atoms with Crippen LogP contribution in [0.15, 0.2) is 115 Å². The first-order chi connectivity index (χ1) is 19.3. The number of carbonyl (C=O) groups excluding carboxylic acids is 1. The molecule has 0 aliphatic carbocycles. The van der Waals surface area contributed by atoms with Gasteiger partial charge in [-0.3, -0.25) is 4.79 Å². The summed E-state index contributed by atoms with van der Waals surface area (Å²) in [4.78, 5) is 15.7. The van der Waals surface area contributed by atoms with Crippen LogP contribution in [0.4, 0.5) is 0 Å². The number of unbranched alkanes of at least 4 members (excludes halogenated alkanes) is 1. The van der Waals surface area contributed by atoms with Gasteiger partial charge in [0.15, 0.2) is 0 Å². The van der Waals surface area contributed by atoms with Crippen molar-refractivity contribution in [2.24, 2.45) is 0 Å². The minimum atomic E-state index is -0.0114. The van der Waals surface area contributed by atoms with Gasteiger partial charge >= 0.3 is 0 Å². The first kappa shape index (κ1) is 26.7. The molecule has 0 saturated carbocycles. The summed E-state index contributed by atoms with van der Waals surface area (Å²) in [5.74, 6) is 1.23. The molecule has 39 heavy (non-hydrogen) atoms. The number of carbonyl (C=O) groups is 1. The van der Waals surface area contributed by atoms with Gasteiger partial charge in [-0.05, 0) is 55.1 Å². The lowest BCUT2D eigenvalue weighted by Crippen LogP contribution is -2.37. The highest BCUT2D eigenvalue weighted by Crippen LogP contribution is 2.29. The number of benzene rings is 4. The van der Waals surface area contributed by atoms with Gasteiger partial charge < -0.3 is 15.0 Å². The summed E-state index contributed by atoms with van der Waals surface area (Å²) >= 11 is 0. The van der Waals surface area contributed by atoms with Crippen molar-refractivity contribution < 1.29 is 9.53 Å². The summed E-state index contributed by atoms with van der Waals surface area (Å²) < 4.78 is 5.91. The molecule has 200 valence electrons. The van der Waals surface area contributed by atoms with Gasteiger partial charge in [0.05, 0.1) is 0 Å². The van der Waals surface area contributed by atoms with E-state index in [1.54, 1.807) is 0 Å². The zero-order valence-electron chi connectivity index (χ0n) is 22.5. The topological polar surface area (TPSA) is 41.6 Å². The van der Waals surface area contributed by atoms with Crippen LogP contribution in [0.2, 0.25) is 0 Å². The van der Waals surface area contributed by atoms with Crippen LogP contribution in [-0.2, 0) is 6.61 Å². The Morgan fingerprint density at radius 3 is 2.10 bits per heavy atom. The molecule has 1 aliphatic rings. The van der Waals surface area contributed by atoms with E-state index in [-0.39, 0.29) is 11.9 Å². The van der Waals surface area contributed by atoms with E-state index < -0.39 is 0 Å². The Morgan fingerprint density at radius 2 is 1.41 bits per heavy atom. The maximum atomic E-state index is 13.2. The van der Waals surface area contributed by atoms with E-state index in [0.717, 1.165) is 50.2 Å². The van der Waals surface area contributed by atoms with Crippen molar-refractivity contribution >= 4 is 5.91 Å². The van der Waals surface area contributed by atoms with Crippen molar-refractivity contribution in [3.8, 4) is 5.75 Å². The fourth-order valence-corrected chi connectivity index (χ4v) is 5.54. The quantitative estimate of drug-likeness (QED) is 0.204. The summed E-state index contributed by atoms with van der Waals surface area (Å²) in [6.07, 6.45) is 4.47. The van der Waals surface area contributed by atoms with Crippen LogP contribution in [0.25, 0.3) is 0 Å². The summed E-state index contributed by atoms with van der Waals surface area (Å²) in [5, 5.41) is 3.28. The number of hydrogen-bond acceptors (Lipinski definition) is 3. The molecule has 0 aromatic heterocycles. The highest BCUT2D eigenvalue weighted by Gasteiger charge is 2.25. The van der Waals surface area contributed by atoms with Gasteiger partial charge in [-0.15, -0.1) is 0 Å². The molecule has 1 atom stereocenters. The lowest BCUT2D eigenvalue weighted by Gasteiger charge is -2.20. The standard InChI is InChI=1S/C35H38N2O2/c38-35(34-22-11-10-18-30(34)27-39-32-19-8-3-9-20-32)36-31-23-25-37(26-31)24-13-12-21-33(28-14-4-1-5-15-28)29-16-6-2-7-17-29/h1-11,14-20,22,31,33H,12-13,21,23-27H2,(H,36,38). The van der Waals surface area contributed by atoms with Gasteiger partial charge in [0.25, 0.3) is 5.91 Å². The zero-order valence-corrected chi connectivity index (χ0v) is 22.5. The molecule has 0 radical (unpaired) electrons. The van der Waals surface area contributed by atoms with Crippen LogP contribution in [-0.4, -0.2) is 36.5 Å². The molecule has 1 amide bonds. The van der Waals surface area contributed by atoms with Gasteiger partial charge in [-0.1, -0.05) is 103 Å². The second kappa shape index (κ2) is 13.8. The Kier molecular flexibility index (Phi) is 9.43. The van der Waals surface area contributed by atoms with Crippen LogP contribution >= 0.6 is 0 Å². The molecule has 0 bridgehead atoms. The maximum absolute atomic E-state index is 13.2. The second-order valence-corrected chi connectivity index (χ2v) is 10.4. The third kappa shape index (κ3) is 7.58. The van der Waals surface area contributed by atoms with E-state index >= 15 is 0 Å². The molecule has 4 aromatic carbocycles. The molecule has 1 N–H and O–H groups in total. The van der Waals surface area contributed by atoms with Gasteiger partial charge in [0.2, 0.25) is 0 Å². The molecule has 1 aliphatic heterocycles. The summed E-state index contributed by atoms with van der Waals surface area (Å²) in [6.45, 7) is 3.39. The van der Waals surface area contributed by atoms with Crippen molar-refractivity contribution in [3.63, 3.8) is 0 Å². The van der Waals surface area contributed by atoms with Crippen LogP contribution in [0, 0.1) is 0 Å². The fourth-order valence-electron chi connectivity index (χ4n) is 5.54. The fraction of sp³-hybridized carbons (Fsp3) is 0.286. The Hall–Kier alpha value is -3.89. The molecule has 0 spiro atoms. The smallest absolute Gasteiger partial charge is 0.251 e. The Morgan fingerprint density at radius 1 is 0.795 bits per heavy atom. The molecule has 4 aromatic rings. The van der Waals surface area contributed by atoms with Crippen molar-refractivity contribution in [2.75, 3.05) is 19.6 Å². The van der Waals surface area contributed by atoms with E-state index in [1.807, 2.05) is 54.6 Å². The third-order valence-electron chi connectivity index (χ3n) is 7.63. The summed E-state index contributed by atoms with van der Waals surface area (Å²) in [5.41, 5.74) is 4.38. The number of para-hydroxylation sites is 1. The van der Waals surface area contributed by atoms with Crippen LogP contribution in [0.3, 0.4) is 0 Å². The normalized spacial score (nSPS) is 15.4. The number of nitrogens with one attached hydrogen (secondary N) is 1. The molecule has 1 heterocycles. The predicted molar refractivity (Wildman–Crippen MR) is 158 cm³/mol. The van der Waals surface area contributed by atoms with E-state index in [1.165, 1.54) is 17.5 Å². The number of nitrogens with zero attached hydrogens (tertiary/aromatic N) is 1. The monoisotopic (exact) mass is 518 g/mol. The van der Waals surface area contributed by atoms with Crippen molar-refractivity contribution in [2.45, 2.75) is 44.2 Å². The lowest BCUT2D eigenvalue weighted by atomic mass is 9.87. The molecule has 1 unspecified atom stereocenters. The SMILES string of the molecule is O=C(NC1CCN(CCCCC(c2ccccc2)c2ccccc2)C1)c1ccccc1COc1ccccc1. The molecular weight excluding hydrogens is 480 g/mol.